The topological polar surface area (TPSA) is 30.8 Å². The fraction of sp³-hybridized carbons (Fsp3) is 0.167. The lowest BCUT2D eigenvalue weighted by Gasteiger charge is -2.16. The maximum absolute atomic E-state index is 5.44. The molecule has 0 N–H and O–H groups in total. The van der Waals surface area contributed by atoms with Gasteiger partial charge in [-0.25, -0.2) is 4.99 Å². The van der Waals surface area contributed by atoms with Gasteiger partial charge in [0, 0.05) is 19.8 Å². The molecule has 0 aromatic heterocycles. The van der Waals surface area contributed by atoms with Gasteiger partial charge in [0.25, 0.3) is 0 Å². The van der Waals surface area contributed by atoms with Crippen molar-refractivity contribution in [3.05, 3.63) is 101 Å². The van der Waals surface area contributed by atoms with Crippen LogP contribution in [0.15, 0.2) is 83.9 Å². The Morgan fingerprint density at radius 1 is 0.815 bits per heavy atom. The van der Waals surface area contributed by atoms with Crippen molar-refractivity contribution in [1.29, 1.82) is 0 Å². The molecular weight excluding hydrogens is 334 g/mol. The Bertz CT molecular complexity index is 897. The van der Waals surface area contributed by atoms with Crippen LogP contribution < -0.4 is 0 Å². The summed E-state index contributed by atoms with van der Waals surface area (Å²) >= 11 is 0. The molecule has 0 unspecified atom stereocenters. The zero-order valence-electron chi connectivity index (χ0n) is 15.8. The number of nitrogens with zero attached hydrogens (tertiary/aromatic N) is 1. The van der Waals surface area contributed by atoms with Gasteiger partial charge >= 0.3 is 0 Å². The fourth-order valence-electron chi connectivity index (χ4n) is 2.94. The van der Waals surface area contributed by atoms with Crippen molar-refractivity contribution in [1.82, 2.24) is 0 Å². The van der Waals surface area contributed by atoms with Gasteiger partial charge in [0.2, 0.25) is 0 Å². The second-order valence-corrected chi connectivity index (χ2v) is 6.20. The molecule has 0 amide bonds. The van der Waals surface area contributed by atoms with Crippen LogP contribution >= 0.6 is 0 Å². The second-order valence-electron chi connectivity index (χ2n) is 6.20. The van der Waals surface area contributed by atoms with Crippen LogP contribution in [-0.2, 0) is 9.47 Å². The van der Waals surface area contributed by atoms with Gasteiger partial charge in [-0.1, -0.05) is 72.3 Å². The highest BCUT2D eigenvalue weighted by molar-refractivity contribution is 5.99. The number of hydrogen-bond donors (Lipinski definition) is 0. The Hall–Kier alpha value is -2.97. The number of benzene rings is 3. The lowest BCUT2D eigenvalue weighted by molar-refractivity contribution is -0.105. The zero-order chi connectivity index (χ0) is 19.1. The van der Waals surface area contributed by atoms with Crippen LogP contribution in [-0.4, -0.2) is 20.1 Å². The average molecular weight is 357 g/mol. The Morgan fingerprint density at radius 3 is 1.89 bits per heavy atom. The first-order valence-electron chi connectivity index (χ1n) is 8.83. The Balaban J connectivity index is 2.15. The minimum Gasteiger partial charge on any atom is -0.352 e. The summed E-state index contributed by atoms with van der Waals surface area (Å²) in [5.74, 6) is 3.26. The normalized spacial score (nSPS) is 10.5. The van der Waals surface area contributed by atoms with Crippen molar-refractivity contribution >= 4 is 17.1 Å². The van der Waals surface area contributed by atoms with Gasteiger partial charge in [-0.2, -0.15) is 0 Å². The highest BCUT2D eigenvalue weighted by Gasteiger charge is 2.14. The van der Waals surface area contributed by atoms with Gasteiger partial charge < -0.3 is 9.47 Å². The summed E-state index contributed by atoms with van der Waals surface area (Å²) in [6.45, 7) is 2.04. The molecule has 0 aliphatic heterocycles. The predicted molar refractivity (Wildman–Crippen MR) is 110 cm³/mol. The van der Waals surface area contributed by atoms with E-state index in [2.05, 4.69) is 35.1 Å². The first-order chi connectivity index (χ1) is 13.2. The van der Waals surface area contributed by atoms with Crippen LogP contribution in [0.4, 0.5) is 5.69 Å². The van der Waals surface area contributed by atoms with E-state index >= 15 is 0 Å². The number of aryl methyl sites for hydroxylation is 1. The summed E-state index contributed by atoms with van der Waals surface area (Å²) in [5, 5.41) is 0. The molecule has 0 aliphatic rings. The van der Waals surface area contributed by atoms with Crippen molar-refractivity contribution in [2.24, 2.45) is 4.99 Å². The van der Waals surface area contributed by atoms with Crippen molar-refractivity contribution in [3.63, 3.8) is 0 Å². The molecule has 0 spiro atoms. The van der Waals surface area contributed by atoms with E-state index in [1.807, 2.05) is 61.5 Å². The van der Waals surface area contributed by atoms with Crippen molar-refractivity contribution in [2.75, 3.05) is 14.2 Å². The van der Waals surface area contributed by atoms with E-state index < -0.39 is 6.29 Å². The van der Waals surface area contributed by atoms with E-state index in [0.717, 1.165) is 33.5 Å². The van der Waals surface area contributed by atoms with Gasteiger partial charge in [0.15, 0.2) is 6.29 Å². The summed E-state index contributed by atoms with van der Waals surface area (Å²) in [4.78, 5) is 4.67. The third kappa shape index (κ3) is 4.60. The fourth-order valence-corrected chi connectivity index (χ4v) is 2.94. The molecule has 27 heavy (non-hydrogen) atoms. The largest absolute Gasteiger partial charge is 0.352 e. The van der Waals surface area contributed by atoms with Gasteiger partial charge in [-0.05, 0) is 36.1 Å². The van der Waals surface area contributed by atoms with E-state index in [1.54, 1.807) is 14.2 Å². The number of methoxy groups -OCH3 is 2. The molecule has 0 saturated heterocycles. The zero-order valence-corrected chi connectivity index (χ0v) is 15.8. The van der Waals surface area contributed by atoms with Gasteiger partial charge in [0.1, 0.15) is 0 Å². The third-order valence-corrected chi connectivity index (χ3v) is 4.28. The highest BCUT2D eigenvalue weighted by atomic mass is 16.7. The minimum atomic E-state index is -0.470. The maximum Gasteiger partial charge on any atom is 0.185 e. The molecule has 0 fully saturated rings. The Kier molecular flexibility index (Phi) is 6.35. The molecule has 0 atom stereocenters. The predicted octanol–water partition coefficient (Wildman–Crippen LogP) is 5.72. The molecule has 0 aliphatic carbocycles. The standard InChI is InChI=1S/C24H23NO2/c1-18-14-15-23(21(16-18)24(26-2)27-3)25-17-22(19-10-6-4-7-11-19)20-12-8-5-9-13-20/h4-16,24H,1-3H3. The van der Waals surface area contributed by atoms with Crippen LogP contribution in [0.5, 0.6) is 0 Å². The molecule has 3 aromatic rings. The molecule has 3 nitrogen and oxygen atoms in total. The van der Waals surface area contributed by atoms with Gasteiger partial charge in [-0.15, -0.1) is 0 Å². The summed E-state index contributed by atoms with van der Waals surface area (Å²) in [5.41, 5.74) is 5.85. The van der Waals surface area contributed by atoms with Gasteiger partial charge in [0.05, 0.1) is 11.3 Å². The van der Waals surface area contributed by atoms with E-state index in [-0.39, 0.29) is 0 Å². The van der Waals surface area contributed by atoms with E-state index in [1.165, 1.54) is 0 Å². The minimum absolute atomic E-state index is 0.470. The Morgan fingerprint density at radius 2 is 1.37 bits per heavy atom. The second kappa shape index (κ2) is 9.11. The van der Waals surface area contributed by atoms with Crippen molar-refractivity contribution in [3.8, 4) is 0 Å². The van der Waals surface area contributed by atoms with Crippen LogP contribution in [0.3, 0.4) is 0 Å². The Labute approximate surface area is 160 Å². The summed E-state index contributed by atoms with van der Waals surface area (Å²) in [6.07, 6.45) is -0.470. The van der Waals surface area contributed by atoms with Crippen molar-refractivity contribution in [2.45, 2.75) is 13.2 Å². The molecular formula is C24H23NO2. The average Bonchev–Trinajstić information content (AvgIpc) is 2.72. The lowest BCUT2D eigenvalue weighted by Crippen LogP contribution is -2.04. The maximum atomic E-state index is 5.44. The smallest absolute Gasteiger partial charge is 0.185 e. The quantitative estimate of drug-likeness (QED) is 0.417. The molecule has 0 saturated carbocycles. The van der Waals surface area contributed by atoms with E-state index in [9.17, 15) is 0 Å². The monoisotopic (exact) mass is 357 g/mol. The molecule has 136 valence electrons. The summed E-state index contributed by atoms with van der Waals surface area (Å²) < 4.78 is 10.9. The number of ether oxygens (including phenoxy) is 2. The number of hydrogen-bond acceptors (Lipinski definition) is 3. The highest BCUT2D eigenvalue weighted by Crippen LogP contribution is 2.29. The molecule has 0 heterocycles. The van der Waals surface area contributed by atoms with Gasteiger partial charge in [-0.3, -0.25) is 0 Å². The first kappa shape index (κ1) is 18.8. The summed E-state index contributed by atoms with van der Waals surface area (Å²) in [6, 6.07) is 26.4. The van der Waals surface area contributed by atoms with Crippen LogP contribution in [0.1, 0.15) is 28.5 Å². The molecule has 0 radical (unpaired) electrons. The molecule has 0 bridgehead atoms. The van der Waals surface area contributed by atoms with Crippen molar-refractivity contribution < 1.29 is 9.47 Å². The van der Waals surface area contributed by atoms with E-state index in [4.69, 9.17) is 9.47 Å². The molecule has 3 heteroatoms. The summed E-state index contributed by atoms with van der Waals surface area (Å²) in [7, 11) is 3.25. The molecule has 3 rings (SSSR count). The number of aliphatic imine (C=N–C) groups is 1. The first-order valence-corrected chi connectivity index (χ1v) is 8.83. The van der Waals surface area contributed by atoms with Crippen LogP contribution in [0, 0.1) is 6.92 Å². The SMILES string of the molecule is COC(OC)c1cc(C)ccc1N=C=C(c1ccccc1)c1ccccc1. The number of rotatable bonds is 6. The lowest BCUT2D eigenvalue weighted by atomic mass is 9.99. The molecule has 3 aromatic carbocycles. The van der Waals surface area contributed by atoms with E-state index in [0.29, 0.717) is 0 Å². The van der Waals surface area contributed by atoms with Crippen LogP contribution in [0.25, 0.3) is 5.57 Å². The third-order valence-electron chi connectivity index (χ3n) is 4.28. The van der Waals surface area contributed by atoms with Crippen LogP contribution in [0.2, 0.25) is 0 Å².